The average Bonchev–Trinajstić information content (AvgIpc) is 2.94. The van der Waals surface area contributed by atoms with Crippen molar-refractivity contribution >= 4 is 29.3 Å². The molecule has 0 aliphatic carbocycles. The maximum Gasteiger partial charge on any atom is 0.350 e. The van der Waals surface area contributed by atoms with E-state index < -0.39 is 29.9 Å². The minimum absolute atomic E-state index is 0.196. The molecule has 0 bridgehead atoms. The highest BCUT2D eigenvalue weighted by Gasteiger charge is 2.33. The summed E-state index contributed by atoms with van der Waals surface area (Å²) >= 11 is 5.83. The summed E-state index contributed by atoms with van der Waals surface area (Å²) in [5, 5.41) is 0.543. The molecular formula is C20H22ClNO6. The van der Waals surface area contributed by atoms with Crippen molar-refractivity contribution in [1.82, 2.24) is 4.98 Å². The number of carbonyl (C=O) groups excluding carboxylic acids is 3. The van der Waals surface area contributed by atoms with Gasteiger partial charge in [-0.3, -0.25) is 4.79 Å². The average molecular weight is 408 g/mol. The van der Waals surface area contributed by atoms with Crippen molar-refractivity contribution in [1.29, 1.82) is 0 Å². The van der Waals surface area contributed by atoms with Gasteiger partial charge in [0.15, 0.2) is 12.2 Å². The highest BCUT2D eigenvalue weighted by atomic mass is 35.5. The zero-order valence-electron chi connectivity index (χ0n) is 16.3. The van der Waals surface area contributed by atoms with E-state index in [-0.39, 0.29) is 5.69 Å². The van der Waals surface area contributed by atoms with Crippen molar-refractivity contribution in [2.24, 2.45) is 0 Å². The van der Waals surface area contributed by atoms with Crippen molar-refractivity contribution in [3.63, 3.8) is 0 Å². The number of methoxy groups -OCH3 is 1. The predicted octanol–water partition coefficient (Wildman–Crippen LogP) is 3.66. The SMILES string of the molecule is COC(=O)c1c(C)[nH]c(C(=O)COC(=O)C(C)(C)Oc2ccc(Cl)cc2)c1C. The molecule has 0 amide bonds. The van der Waals surface area contributed by atoms with Crippen LogP contribution in [0.1, 0.15) is 46.0 Å². The number of carbonyl (C=O) groups is 3. The molecule has 0 atom stereocenters. The van der Waals surface area contributed by atoms with E-state index in [9.17, 15) is 14.4 Å². The Kier molecular flexibility index (Phi) is 6.51. The molecule has 1 N–H and O–H groups in total. The molecule has 0 fully saturated rings. The lowest BCUT2D eigenvalue weighted by molar-refractivity contribution is -0.158. The largest absolute Gasteiger partial charge is 0.476 e. The Balaban J connectivity index is 2.04. The number of ether oxygens (including phenoxy) is 3. The number of halogens is 1. The summed E-state index contributed by atoms with van der Waals surface area (Å²) in [6, 6.07) is 6.53. The summed E-state index contributed by atoms with van der Waals surface area (Å²) in [6.45, 7) is 5.86. The van der Waals surface area contributed by atoms with Crippen molar-refractivity contribution in [3.05, 3.63) is 51.8 Å². The van der Waals surface area contributed by atoms with Crippen molar-refractivity contribution in [3.8, 4) is 5.75 Å². The second-order valence-electron chi connectivity index (χ2n) is 6.68. The van der Waals surface area contributed by atoms with Gasteiger partial charge in [0, 0.05) is 10.7 Å². The summed E-state index contributed by atoms with van der Waals surface area (Å²) in [6.07, 6.45) is 0. The number of aromatic nitrogens is 1. The van der Waals surface area contributed by atoms with Gasteiger partial charge < -0.3 is 19.2 Å². The van der Waals surface area contributed by atoms with Gasteiger partial charge in [-0.1, -0.05) is 11.6 Å². The number of nitrogens with one attached hydrogen (secondary N) is 1. The monoisotopic (exact) mass is 407 g/mol. The molecule has 0 radical (unpaired) electrons. The number of hydrogen-bond acceptors (Lipinski definition) is 6. The molecule has 1 aromatic heterocycles. The fourth-order valence-corrected chi connectivity index (χ4v) is 2.78. The molecule has 0 aliphatic rings. The quantitative estimate of drug-likeness (QED) is 0.556. The van der Waals surface area contributed by atoms with Gasteiger partial charge in [0.05, 0.1) is 18.4 Å². The highest BCUT2D eigenvalue weighted by molar-refractivity contribution is 6.30. The number of H-pyrrole nitrogens is 1. The van der Waals surface area contributed by atoms with Crippen LogP contribution in [-0.2, 0) is 14.3 Å². The predicted molar refractivity (Wildman–Crippen MR) is 103 cm³/mol. The molecule has 1 heterocycles. The first kappa shape index (κ1) is 21.5. The number of Topliss-reactive ketones (excluding diaryl/α,β-unsaturated/α-hetero) is 1. The number of aryl methyl sites for hydroxylation is 1. The van der Waals surface area contributed by atoms with Gasteiger partial charge >= 0.3 is 11.9 Å². The van der Waals surface area contributed by atoms with Crippen LogP contribution in [0.5, 0.6) is 5.75 Å². The van der Waals surface area contributed by atoms with E-state index >= 15 is 0 Å². The molecule has 2 rings (SSSR count). The number of ketones is 1. The van der Waals surface area contributed by atoms with E-state index in [0.717, 1.165) is 0 Å². The van der Waals surface area contributed by atoms with Gasteiger partial charge in [0.2, 0.25) is 5.78 Å². The lowest BCUT2D eigenvalue weighted by atomic mass is 10.1. The van der Waals surface area contributed by atoms with Crippen LogP contribution in [0, 0.1) is 13.8 Å². The van der Waals surface area contributed by atoms with Gasteiger partial charge in [-0.15, -0.1) is 0 Å². The van der Waals surface area contributed by atoms with Crippen LogP contribution < -0.4 is 4.74 Å². The van der Waals surface area contributed by atoms with Crippen molar-refractivity contribution in [2.75, 3.05) is 13.7 Å². The maximum absolute atomic E-state index is 12.5. The molecule has 0 saturated heterocycles. The molecule has 1 aromatic carbocycles. The van der Waals surface area contributed by atoms with E-state index in [2.05, 4.69) is 4.98 Å². The highest BCUT2D eigenvalue weighted by Crippen LogP contribution is 2.23. The Morgan fingerprint density at radius 2 is 1.71 bits per heavy atom. The van der Waals surface area contributed by atoms with E-state index in [0.29, 0.717) is 27.6 Å². The van der Waals surface area contributed by atoms with Crippen molar-refractivity contribution < 1.29 is 28.6 Å². The zero-order valence-corrected chi connectivity index (χ0v) is 17.1. The number of esters is 2. The zero-order chi connectivity index (χ0) is 21.1. The maximum atomic E-state index is 12.5. The minimum Gasteiger partial charge on any atom is -0.476 e. The molecule has 28 heavy (non-hydrogen) atoms. The molecule has 0 spiro atoms. The number of aromatic amines is 1. The molecule has 7 nitrogen and oxygen atoms in total. The summed E-state index contributed by atoms with van der Waals surface area (Å²) < 4.78 is 15.5. The molecule has 0 unspecified atom stereocenters. The standard InChI is InChI=1S/C20H22ClNO6/c1-11-16(18(24)26-5)12(2)22-17(11)15(23)10-27-19(25)20(3,4)28-14-8-6-13(21)7-9-14/h6-9,22H,10H2,1-5H3. The number of rotatable bonds is 7. The second-order valence-corrected chi connectivity index (χ2v) is 7.12. The first-order valence-corrected chi connectivity index (χ1v) is 8.87. The van der Waals surface area contributed by atoms with Gasteiger partial charge in [0.25, 0.3) is 0 Å². The normalized spacial score (nSPS) is 11.1. The van der Waals surface area contributed by atoms with Crippen molar-refractivity contribution in [2.45, 2.75) is 33.3 Å². The van der Waals surface area contributed by atoms with Crippen LogP contribution in [0.15, 0.2) is 24.3 Å². The van der Waals surface area contributed by atoms with E-state index in [1.807, 2.05) is 0 Å². The Morgan fingerprint density at radius 3 is 2.29 bits per heavy atom. The van der Waals surface area contributed by atoms with Gasteiger partial charge in [-0.05, 0) is 57.5 Å². The summed E-state index contributed by atoms with van der Waals surface area (Å²) in [4.78, 5) is 39.5. The van der Waals surface area contributed by atoms with Crippen LogP contribution in [-0.4, -0.2) is 42.0 Å². The molecule has 2 aromatic rings. The Bertz CT molecular complexity index is 898. The van der Waals surface area contributed by atoms with Crippen LogP contribution in [0.25, 0.3) is 0 Å². The van der Waals surface area contributed by atoms with E-state index in [1.165, 1.54) is 21.0 Å². The first-order valence-electron chi connectivity index (χ1n) is 8.49. The van der Waals surface area contributed by atoms with Gasteiger partial charge in [-0.2, -0.15) is 0 Å². The molecule has 0 aliphatic heterocycles. The second kappa shape index (κ2) is 8.48. The molecule has 0 saturated carbocycles. The summed E-state index contributed by atoms with van der Waals surface area (Å²) in [7, 11) is 1.26. The molecular weight excluding hydrogens is 386 g/mol. The number of hydrogen-bond donors (Lipinski definition) is 1. The van der Waals surface area contributed by atoms with Crippen LogP contribution in [0.4, 0.5) is 0 Å². The van der Waals surface area contributed by atoms with E-state index in [1.54, 1.807) is 38.1 Å². The van der Waals surface area contributed by atoms with E-state index in [4.69, 9.17) is 25.8 Å². The van der Waals surface area contributed by atoms with Gasteiger partial charge in [-0.25, -0.2) is 9.59 Å². The third-order valence-corrected chi connectivity index (χ3v) is 4.37. The smallest absolute Gasteiger partial charge is 0.350 e. The summed E-state index contributed by atoms with van der Waals surface area (Å²) in [5.41, 5.74) is 0.129. The fourth-order valence-electron chi connectivity index (χ4n) is 2.65. The summed E-state index contributed by atoms with van der Waals surface area (Å²) in [5.74, 6) is -1.27. The lowest BCUT2D eigenvalue weighted by Crippen LogP contribution is -2.40. The Hall–Kier alpha value is -2.80. The van der Waals surface area contributed by atoms with Crippen LogP contribution in [0.3, 0.4) is 0 Å². The third-order valence-electron chi connectivity index (χ3n) is 4.12. The third kappa shape index (κ3) is 4.72. The topological polar surface area (TPSA) is 94.7 Å². The van der Waals surface area contributed by atoms with Gasteiger partial charge in [0.1, 0.15) is 5.75 Å². The molecule has 8 heteroatoms. The fraction of sp³-hybridized carbons (Fsp3) is 0.350. The lowest BCUT2D eigenvalue weighted by Gasteiger charge is -2.24. The van der Waals surface area contributed by atoms with Crippen LogP contribution >= 0.6 is 11.6 Å². The Morgan fingerprint density at radius 1 is 1.11 bits per heavy atom. The van der Waals surface area contributed by atoms with Crippen LogP contribution in [0.2, 0.25) is 5.02 Å². The molecule has 150 valence electrons. The number of benzene rings is 1. The Labute approximate surface area is 167 Å². The first-order chi connectivity index (χ1) is 13.1. The minimum atomic E-state index is -1.31.